The molecule has 0 radical (unpaired) electrons. The highest BCUT2D eigenvalue weighted by Crippen LogP contribution is 2.27. The molecule has 7 heteroatoms. The van der Waals surface area contributed by atoms with Crippen LogP contribution in [-0.4, -0.2) is 18.0 Å². The number of rotatable bonds is 5. The van der Waals surface area contributed by atoms with Crippen LogP contribution in [0.3, 0.4) is 0 Å². The molecule has 0 atom stereocenters. The van der Waals surface area contributed by atoms with Gasteiger partial charge in [0.05, 0.1) is 23.8 Å². The fourth-order valence-electron chi connectivity index (χ4n) is 2.40. The number of ether oxygens (including phenoxy) is 1. The topological polar surface area (TPSA) is 87.0 Å². The Morgan fingerprint density at radius 1 is 1.15 bits per heavy atom. The molecule has 0 fully saturated rings. The van der Waals surface area contributed by atoms with Crippen molar-refractivity contribution in [2.24, 2.45) is 0 Å². The Kier molecular flexibility index (Phi) is 5.55. The van der Waals surface area contributed by atoms with Crippen LogP contribution in [0, 0.1) is 11.3 Å². The lowest BCUT2D eigenvalue weighted by atomic mass is 10.2. The molecule has 6 nitrogen and oxygen atoms in total. The SMILES string of the molecule is COc1ccc(NC(=O)c2ccnc(Nc3cccc(C#N)c3)c2)cc1Cl. The number of amides is 1. The van der Waals surface area contributed by atoms with Gasteiger partial charge in [0.1, 0.15) is 11.6 Å². The van der Waals surface area contributed by atoms with E-state index in [1.54, 1.807) is 48.5 Å². The molecule has 0 aliphatic heterocycles. The molecule has 0 aliphatic carbocycles. The third kappa shape index (κ3) is 4.54. The summed E-state index contributed by atoms with van der Waals surface area (Å²) in [7, 11) is 1.53. The van der Waals surface area contributed by atoms with Crippen molar-refractivity contribution in [3.8, 4) is 11.8 Å². The number of aromatic nitrogens is 1. The Morgan fingerprint density at radius 3 is 2.74 bits per heavy atom. The van der Waals surface area contributed by atoms with Gasteiger partial charge in [0.15, 0.2) is 0 Å². The van der Waals surface area contributed by atoms with Crippen molar-refractivity contribution in [1.82, 2.24) is 4.98 Å². The van der Waals surface area contributed by atoms with Crippen LogP contribution in [0.4, 0.5) is 17.2 Å². The number of pyridine rings is 1. The summed E-state index contributed by atoms with van der Waals surface area (Å²) < 4.78 is 5.10. The van der Waals surface area contributed by atoms with Gasteiger partial charge in [-0.1, -0.05) is 17.7 Å². The molecule has 3 aromatic rings. The third-order valence-corrected chi connectivity index (χ3v) is 3.99. The highest BCUT2D eigenvalue weighted by Gasteiger charge is 2.09. The first-order valence-corrected chi connectivity index (χ1v) is 8.35. The van der Waals surface area contributed by atoms with E-state index >= 15 is 0 Å². The lowest BCUT2D eigenvalue weighted by Gasteiger charge is -2.10. The fraction of sp³-hybridized carbons (Fsp3) is 0.0500. The van der Waals surface area contributed by atoms with Crippen LogP contribution in [0.5, 0.6) is 5.75 Å². The van der Waals surface area contributed by atoms with Crippen LogP contribution in [0.15, 0.2) is 60.8 Å². The van der Waals surface area contributed by atoms with Crippen molar-refractivity contribution in [3.05, 3.63) is 76.9 Å². The summed E-state index contributed by atoms with van der Waals surface area (Å²) in [5.41, 5.74) is 2.22. The van der Waals surface area contributed by atoms with Crippen molar-refractivity contribution in [3.63, 3.8) is 0 Å². The predicted octanol–water partition coefficient (Wildman–Crippen LogP) is 4.61. The molecule has 1 amide bonds. The number of halogens is 1. The summed E-state index contributed by atoms with van der Waals surface area (Å²) in [6.45, 7) is 0. The molecule has 3 rings (SSSR count). The zero-order valence-corrected chi connectivity index (χ0v) is 15.1. The molecule has 27 heavy (non-hydrogen) atoms. The summed E-state index contributed by atoms with van der Waals surface area (Å²) in [5.74, 6) is 0.725. The summed E-state index contributed by atoms with van der Waals surface area (Å²) in [6, 6.07) is 17.3. The average Bonchev–Trinajstić information content (AvgIpc) is 2.68. The van der Waals surface area contributed by atoms with Crippen LogP contribution in [-0.2, 0) is 0 Å². The van der Waals surface area contributed by atoms with E-state index in [1.165, 1.54) is 13.3 Å². The van der Waals surface area contributed by atoms with Crippen LogP contribution < -0.4 is 15.4 Å². The Hall–Kier alpha value is -3.56. The first-order chi connectivity index (χ1) is 13.1. The molecular formula is C20H15ClN4O2. The van der Waals surface area contributed by atoms with E-state index in [0.717, 1.165) is 0 Å². The highest BCUT2D eigenvalue weighted by molar-refractivity contribution is 6.32. The van der Waals surface area contributed by atoms with Gasteiger partial charge < -0.3 is 15.4 Å². The second-order valence-electron chi connectivity index (χ2n) is 5.55. The van der Waals surface area contributed by atoms with Gasteiger partial charge in [0.2, 0.25) is 0 Å². The minimum atomic E-state index is -0.299. The molecule has 2 aromatic carbocycles. The largest absolute Gasteiger partial charge is 0.495 e. The molecule has 1 heterocycles. The Labute approximate surface area is 161 Å². The molecular weight excluding hydrogens is 364 g/mol. The van der Waals surface area contributed by atoms with Gasteiger partial charge in [-0.15, -0.1) is 0 Å². The minimum Gasteiger partial charge on any atom is -0.495 e. The maximum Gasteiger partial charge on any atom is 0.255 e. The smallest absolute Gasteiger partial charge is 0.255 e. The summed E-state index contributed by atoms with van der Waals surface area (Å²) in [5, 5.41) is 15.2. The van der Waals surface area contributed by atoms with Crippen LogP contribution in [0.25, 0.3) is 0 Å². The molecule has 0 saturated heterocycles. The van der Waals surface area contributed by atoms with E-state index in [-0.39, 0.29) is 5.91 Å². The molecule has 2 N–H and O–H groups in total. The summed E-state index contributed by atoms with van der Waals surface area (Å²) in [4.78, 5) is 16.7. The minimum absolute atomic E-state index is 0.299. The van der Waals surface area contributed by atoms with Gasteiger partial charge >= 0.3 is 0 Å². The third-order valence-electron chi connectivity index (χ3n) is 3.70. The van der Waals surface area contributed by atoms with Crippen molar-refractivity contribution in [2.45, 2.75) is 0 Å². The summed E-state index contributed by atoms with van der Waals surface area (Å²) >= 11 is 6.08. The Bertz CT molecular complexity index is 1030. The van der Waals surface area contributed by atoms with Gasteiger partial charge in [0.25, 0.3) is 5.91 Å². The first kappa shape index (κ1) is 18.2. The summed E-state index contributed by atoms with van der Waals surface area (Å²) in [6.07, 6.45) is 1.53. The number of methoxy groups -OCH3 is 1. The van der Waals surface area contributed by atoms with Crippen molar-refractivity contribution in [1.29, 1.82) is 5.26 Å². The molecule has 134 valence electrons. The molecule has 0 spiro atoms. The van der Waals surface area contributed by atoms with E-state index in [9.17, 15) is 4.79 Å². The molecule has 1 aromatic heterocycles. The number of nitriles is 1. The number of nitrogens with zero attached hydrogens (tertiary/aromatic N) is 2. The molecule has 0 saturated carbocycles. The number of nitrogens with one attached hydrogen (secondary N) is 2. The molecule has 0 unspecified atom stereocenters. The first-order valence-electron chi connectivity index (χ1n) is 7.97. The number of benzene rings is 2. The molecule has 0 aliphatic rings. The van der Waals surface area contributed by atoms with E-state index in [1.807, 2.05) is 6.07 Å². The van der Waals surface area contributed by atoms with Gasteiger partial charge in [-0.25, -0.2) is 4.98 Å². The normalized spacial score (nSPS) is 9.96. The monoisotopic (exact) mass is 378 g/mol. The quantitative estimate of drug-likeness (QED) is 0.676. The predicted molar refractivity (Wildman–Crippen MR) is 105 cm³/mol. The lowest BCUT2D eigenvalue weighted by Crippen LogP contribution is -2.12. The Balaban J connectivity index is 1.75. The number of hydrogen-bond acceptors (Lipinski definition) is 5. The van der Waals surface area contributed by atoms with E-state index in [0.29, 0.717) is 39.1 Å². The van der Waals surface area contributed by atoms with Gasteiger partial charge in [-0.2, -0.15) is 5.26 Å². The maximum absolute atomic E-state index is 12.5. The van der Waals surface area contributed by atoms with Crippen LogP contribution >= 0.6 is 11.6 Å². The number of carbonyl (C=O) groups is 1. The standard InChI is InChI=1S/C20H15ClN4O2/c1-27-18-6-5-16(11-17(18)21)25-20(26)14-7-8-23-19(10-14)24-15-4-2-3-13(9-15)12-22/h2-11H,1H3,(H,23,24)(H,25,26). The number of carbonyl (C=O) groups excluding carboxylic acids is 1. The van der Waals surface area contributed by atoms with Crippen molar-refractivity contribution in [2.75, 3.05) is 17.7 Å². The van der Waals surface area contributed by atoms with E-state index in [4.69, 9.17) is 21.6 Å². The second-order valence-corrected chi connectivity index (χ2v) is 5.96. The zero-order valence-electron chi connectivity index (χ0n) is 14.4. The maximum atomic E-state index is 12.5. The van der Waals surface area contributed by atoms with E-state index in [2.05, 4.69) is 21.7 Å². The molecule has 0 bridgehead atoms. The van der Waals surface area contributed by atoms with Crippen molar-refractivity contribution < 1.29 is 9.53 Å². The van der Waals surface area contributed by atoms with E-state index < -0.39 is 0 Å². The van der Waals surface area contributed by atoms with Gasteiger partial charge in [0, 0.05) is 23.1 Å². The van der Waals surface area contributed by atoms with Crippen LogP contribution in [0.2, 0.25) is 5.02 Å². The second kappa shape index (κ2) is 8.21. The number of hydrogen-bond donors (Lipinski definition) is 2. The lowest BCUT2D eigenvalue weighted by molar-refractivity contribution is 0.102. The fourth-order valence-corrected chi connectivity index (χ4v) is 2.66. The van der Waals surface area contributed by atoms with Gasteiger partial charge in [-0.3, -0.25) is 4.79 Å². The highest BCUT2D eigenvalue weighted by atomic mass is 35.5. The number of anilines is 3. The Morgan fingerprint density at radius 2 is 2.00 bits per heavy atom. The average molecular weight is 379 g/mol. The van der Waals surface area contributed by atoms with Gasteiger partial charge in [-0.05, 0) is 48.5 Å². The zero-order chi connectivity index (χ0) is 19.2. The van der Waals surface area contributed by atoms with Crippen molar-refractivity contribution >= 4 is 34.7 Å². The van der Waals surface area contributed by atoms with Crippen LogP contribution in [0.1, 0.15) is 15.9 Å².